The number of amides is 1. The van der Waals surface area contributed by atoms with Crippen LogP contribution in [0.3, 0.4) is 0 Å². The summed E-state index contributed by atoms with van der Waals surface area (Å²) in [6, 6.07) is 13.0. The van der Waals surface area contributed by atoms with Crippen LogP contribution in [0.5, 0.6) is 5.75 Å². The van der Waals surface area contributed by atoms with E-state index in [1.54, 1.807) is 0 Å². The number of carbonyl (C=O) groups is 1. The molecule has 0 radical (unpaired) electrons. The molecule has 0 aromatic heterocycles. The van der Waals surface area contributed by atoms with Crippen molar-refractivity contribution in [1.82, 2.24) is 10.3 Å². The monoisotopic (exact) mass is 444 g/mol. The molecule has 1 aliphatic rings. The lowest BCUT2D eigenvalue weighted by atomic mass is 10.1. The quantitative estimate of drug-likeness (QED) is 0.393. The summed E-state index contributed by atoms with van der Waals surface area (Å²) in [6.45, 7) is 5.53. The molecule has 0 bridgehead atoms. The fraction of sp³-hybridized carbons (Fsp3) is 0.318. The summed E-state index contributed by atoms with van der Waals surface area (Å²) in [4.78, 5) is 13.9. The van der Waals surface area contributed by atoms with Crippen molar-refractivity contribution < 1.29 is 9.53 Å². The number of hydrogen-bond donors (Lipinski definition) is 2. The highest BCUT2D eigenvalue weighted by Crippen LogP contribution is 2.22. The van der Waals surface area contributed by atoms with Gasteiger partial charge in [-0.05, 0) is 86.4 Å². The smallest absolute Gasteiger partial charge is 0.260 e. The van der Waals surface area contributed by atoms with Crippen molar-refractivity contribution >= 4 is 46.2 Å². The van der Waals surface area contributed by atoms with Crippen molar-refractivity contribution in [1.29, 1.82) is 0 Å². The zero-order valence-electron chi connectivity index (χ0n) is 17.1. The molecule has 8 heteroatoms. The van der Waals surface area contributed by atoms with Crippen molar-refractivity contribution in [3.8, 4) is 5.75 Å². The molecule has 2 N–H and O–H groups in total. The van der Waals surface area contributed by atoms with Gasteiger partial charge in [0.15, 0.2) is 11.7 Å². The van der Waals surface area contributed by atoms with E-state index in [4.69, 9.17) is 28.6 Å². The van der Waals surface area contributed by atoms with Crippen LogP contribution in [0.1, 0.15) is 30.9 Å². The van der Waals surface area contributed by atoms with Gasteiger partial charge in [0, 0.05) is 23.8 Å². The van der Waals surface area contributed by atoms with Crippen molar-refractivity contribution in [3.63, 3.8) is 0 Å². The molecule has 0 unspecified atom stereocenters. The fourth-order valence-electron chi connectivity index (χ4n) is 3.09. The number of thiocarbonyl (C=S) groups is 1. The third kappa shape index (κ3) is 5.93. The van der Waals surface area contributed by atoms with Gasteiger partial charge < -0.3 is 15.0 Å². The summed E-state index contributed by atoms with van der Waals surface area (Å²) in [6.07, 6.45) is 2.15. The van der Waals surface area contributed by atoms with E-state index >= 15 is 0 Å². The van der Waals surface area contributed by atoms with Crippen LogP contribution in [-0.2, 0) is 4.79 Å². The average molecular weight is 445 g/mol. The molecule has 2 aromatic carbocycles. The second-order valence-corrected chi connectivity index (χ2v) is 7.89. The van der Waals surface area contributed by atoms with Crippen LogP contribution in [0, 0.1) is 6.92 Å². The van der Waals surface area contributed by atoms with Gasteiger partial charge in [-0.25, -0.2) is 0 Å². The topological polar surface area (TPSA) is 66.0 Å². The van der Waals surface area contributed by atoms with Crippen molar-refractivity contribution in [2.24, 2.45) is 5.10 Å². The van der Waals surface area contributed by atoms with Crippen LogP contribution in [-0.4, -0.2) is 41.3 Å². The van der Waals surface area contributed by atoms with Crippen molar-refractivity contribution in [2.75, 3.05) is 25.0 Å². The Morgan fingerprint density at radius 1 is 1.20 bits per heavy atom. The van der Waals surface area contributed by atoms with Crippen LogP contribution >= 0.6 is 23.8 Å². The Morgan fingerprint density at radius 3 is 2.60 bits per heavy atom. The molecule has 1 saturated heterocycles. The van der Waals surface area contributed by atoms with E-state index in [0.29, 0.717) is 15.9 Å². The molecule has 6 nitrogen and oxygen atoms in total. The minimum atomic E-state index is 0.0365. The van der Waals surface area contributed by atoms with Gasteiger partial charge in [0.05, 0.1) is 5.71 Å². The van der Waals surface area contributed by atoms with E-state index in [0.717, 1.165) is 48.5 Å². The third-order valence-electron chi connectivity index (χ3n) is 4.93. The highest BCUT2D eigenvalue weighted by Gasteiger charge is 2.18. The molecule has 158 valence electrons. The lowest BCUT2D eigenvalue weighted by molar-refractivity contribution is -0.132. The maximum Gasteiger partial charge on any atom is 0.260 e. The Labute approximate surface area is 187 Å². The first-order valence-electron chi connectivity index (χ1n) is 9.81. The fourth-order valence-corrected chi connectivity index (χ4v) is 3.42. The number of hydrogen-bond acceptors (Lipinski definition) is 4. The van der Waals surface area contributed by atoms with Gasteiger partial charge in [-0.15, -0.1) is 0 Å². The molecule has 0 aliphatic carbocycles. The number of benzene rings is 2. The number of nitrogens with zero attached hydrogens (tertiary/aromatic N) is 2. The van der Waals surface area contributed by atoms with Gasteiger partial charge in [-0.1, -0.05) is 17.7 Å². The van der Waals surface area contributed by atoms with E-state index in [-0.39, 0.29) is 12.5 Å². The Kier molecular flexibility index (Phi) is 7.65. The summed E-state index contributed by atoms with van der Waals surface area (Å²) >= 11 is 11.4. The first-order valence-corrected chi connectivity index (χ1v) is 10.6. The number of nitrogens with one attached hydrogen (secondary N) is 2. The van der Waals surface area contributed by atoms with E-state index in [1.807, 2.05) is 61.2 Å². The number of likely N-dealkylation sites (tertiary alicyclic amines) is 1. The largest absolute Gasteiger partial charge is 0.484 e. The van der Waals surface area contributed by atoms with E-state index in [2.05, 4.69) is 15.8 Å². The molecule has 30 heavy (non-hydrogen) atoms. The summed E-state index contributed by atoms with van der Waals surface area (Å²) < 4.78 is 5.61. The van der Waals surface area contributed by atoms with Gasteiger partial charge in [0.1, 0.15) is 5.75 Å². The molecule has 1 fully saturated rings. The molecular weight excluding hydrogens is 420 g/mol. The number of rotatable bonds is 6. The number of hydrazone groups is 1. The van der Waals surface area contributed by atoms with Crippen LogP contribution in [0.2, 0.25) is 5.02 Å². The number of halogens is 1. The van der Waals surface area contributed by atoms with Crippen LogP contribution in [0.4, 0.5) is 5.69 Å². The Balaban J connectivity index is 1.51. The SMILES string of the molecule is C/C(=N\NC(=S)Nc1cccc(Cl)c1C)c1ccc(OCC(=O)N2CCCC2)cc1. The highest BCUT2D eigenvalue weighted by atomic mass is 35.5. The highest BCUT2D eigenvalue weighted by molar-refractivity contribution is 7.80. The zero-order valence-corrected chi connectivity index (χ0v) is 18.6. The minimum absolute atomic E-state index is 0.0365. The van der Waals surface area contributed by atoms with E-state index in [1.165, 1.54) is 0 Å². The third-order valence-corrected chi connectivity index (χ3v) is 5.54. The van der Waals surface area contributed by atoms with Gasteiger partial charge in [0.25, 0.3) is 5.91 Å². The van der Waals surface area contributed by atoms with Crippen LogP contribution in [0.15, 0.2) is 47.6 Å². The molecule has 0 saturated carbocycles. The van der Waals surface area contributed by atoms with Crippen LogP contribution < -0.4 is 15.5 Å². The van der Waals surface area contributed by atoms with E-state index in [9.17, 15) is 4.79 Å². The number of ether oxygens (including phenoxy) is 1. The predicted octanol–water partition coefficient (Wildman–Crippen LogP) is 4.36. The lowest BCUT2D eigenvalue weighted by Crippen LogP contribution is -2.32. The number of carbonyl (C=O) groups excluding carboxylic acids is 1. The summed E-state index contributed by atoms with van der Waals surface area (Å²) in [5.41, 5.74) is 6.28. The Morgan fingerprint density at radius 2 is 1.90 bits per heavy atom. The maximum absolute atomic E-state index is 12.1. The van der Waals surface area contributed by atoms with Crippen LogP contribution in [0.25, 0.3) is 0 Å². The van der Waals surface area contributed by atoms with E-state index < -0.39 is 0 Å². The predicted molar refractivity (Wildman–Crippen MR) is 126 cm³/mol. The Bertz CT molecular complexity index is 941. The Hall–Kier alpha value is -2.64. The first kappa shape index (κ1) is 22.1. The summed E-state index contributed by atoms with van der Waals surface area (Å²) in [7, 11) is 0. The second kappa shape index (κ2) is 10.4. The first-order chi connectivity index (χ1) is 14.4. The lowest BCUT2D eigenvalue weighted by Gasteiger charge is -2.15. The minimum Gasteiger partial charge on any atom is -0.484 e. The van der Waals surface area contributed by atoms with Gasteiger partial charge in [-0.3, -0.25) is 10.2 Å². The molecule has 1 amide bonds. The molecule has 1 heterocycles. The zero-order chi connectivity index (χ0) is 21.5. The summed E-state index contributed by atoms with van der Waals surface area (Å²) in [5, 5.41) is 8.47. The number of anilines is 1. The van der Waals surface area contributed by atoms with Gasteiger partial charge in [-0.2, -0.15) is 5.10 Å². The molecule has 1 aliphatic heterocycles. The van der Waals surface area contributed by atoms with Gasteiger partial charge in [0.2, 0.25) is 0 Å². The molecule has 0 atom stereocenters. The second-order valence-electron chi connectivity index (χ2n) is 7.08. The average Bonchev–Trinajstić information content (AvgIpc) is 3.29. The molecule has 2 aromatic rings. The van der Waals surface area contributed by atoms with Crippen molar-refractivity contribution in [3.05, 3.63) is 58.6 Å². The normalized spacial score (nSPS) is 13.8. The van der Waals surface area contributed by atoms with Crippen molar-refractivity contribution in [2.45, 2.75) is 26.7 Å². The molecular formula is C22H25ClN4O2S. The molecule has 0 spiro atoms. The maximum atomic E-state index is 12.1. The molecule has 3 rings (SSSR count). The van der Waals surface area contributed by atoms with Gasteiger partial charge >= 0.3 is 0 Å². The standard InChI is InChI=1S/C22H25ClN4O2S/c1-15-19(23)6-5-7-20(15)24-22(30)26-25-16(2)17-8-10-18(11-9-17)29-14-21(28)27-12-3-4-13-27/h5-11H,3-4,12-14H2,1-2H3,(H2,24,26,30)/b25-16+. The summed E-state index contributed by atoms with van der Waals surface area (Å²) in [5.74, 6) is 0.690.